The Balaban J connectivity index is 1.32. The van der Waals surface area contributed by atoms with E-state index in [0.29, 0.717) is 24.5 Å². The average molecular weight is 368 g/mol. The van der Waals surface area contributed by atoms with E-state index in [1.807, 2.05) is 4.90 Å². The normalized spacial score (nSPS) is 27.2. The van der Waals surface area contributed by atoms with Crippen LogP contribution >= 0.6 is 0 Å². The van der Waals surface area contributed by atoms with Crippen LogP contribution in [0.3, 0.4) is 0 Å². The van der Waals surface area contributed by atoms with E-state index in [2.05, 4.69) is 33.9 Å². The van der Waals surface area contributed by atoms with Gasteiger partial charge in [0.25, 0.3) is 0 Å². The predicted octanol–water partition coefficient (Wildman–Crippen LogP) is -0.465. The van der Waals surface area contributed by atoms with Gasteiger partial charge in [-0.05, 0) is 13.8 Å². The van der Waals surface area contributed by atoms with Crippen LogP contribution in [0.5, 0.6) is 0 Å². The molecular formula is C19H37N5O2. The lowest BCUT2D eigenvalue weighted by atomic mass is 10.2. The van der Waals surface area contributed by atoms with E-state index in [0.717, 1.165) is 85.1 Å². The van der Waals surface area contributed by atoms with Gasteiger partial charge in [-0.25, -0.2) is 0 Å². The van der Waals surface area contributed by atoms with Crippen LogP contribution < -0.4 is 5.32 Å². The molecule has 0 spiro atoms. The van der Waals surface area contributed by atoms with E-state index < -0.39 is 0 Å². The van der Waals surface area contributed by atoms with Gasteiger partial charge in [-0.2, -0.15) is 0 Å². The molecule has 7 nitrogen and oxygen atoms in total. The second-order valence-electron chi connectivity index (χ2n) is 8.10. The van der Waals surface area contributed by atoms with Gasteiger partial charge in [0.15, 0.2) is 0 Å². The zero-order valence-corrected chi connectivity index (χ0v) is 16.7. The molecule has 3 aliphatic rings. The van der Waals surface area contributed by atoms with Crippen molar-refractivity contribution in [2.75, 3.05) is 85.1 Å². The number of piperazine rings is 2. The van der Waals surface area contributed by atoms with Crippen molar-refractivity contribution >= 4 is 5.91 Å². The van der Waals surface area contributed by atoms with Crippen molar-refractivity contribution in [2.24, 2.45) is 0 Å². The van der Waals surface area contributed by atoms with Gasteiger partial charge in [-0.15, -0.1) is 0 Å². The van der Waals surface area contributed by atoms with Crippen molar-refractivity contribution in [3.05, 3.63) is 0 Å². The highest BCUT2D eigenvalue weighted by Gasteiger charge is 2.26. The molecule has 1 N–H and O–H groups in total. The Bertz CT molecular complexity index is 434. The summed E-state index contributed by atoms with van der Waals surface area (Å²) in [5.41, 5.74) is 0. The molecule has 3 aliphatic heterocycles. The molecule has 1 amide bonds. The molecule has 150 valence electrons. The quantitative estimate of drug-likeness (QED) is 0.685. The van der Waals surface area contributed by atoms with Gasteiger partial charge in [0.2, 0.25) is 5.91 Å². The monoisotopic (exact) mass is 367 g/mol. The molecule has 3 saturated heterocycles. The fourth-order valence-electron chi connectivity index (χ4n) is 4.13. The lowest BCUT2D eigenvalue weighted by Gasteiger charge is -2.40. The minimum absolute atomic E-state index is 0.318. The molecule has 1 unspecified atom stereocenters. The number of carbonyl (C=O) groups excluding carboxylic acids is 1. The van der Waals surface area contributed by atoms with Gasteiger partial charge in [-0.3, -0.25) is 14.6 Å². The highest BCUT2D eigenvalue weighted by Crippen LogP contribution is 2.12. The lowest BCUT2D eigenvalue weighted by Crippen LogP contribution is -2.53. The van der Waals surface area contributed by atoms with E-state index >= 15 is 0 Å². The summed E-state index contributed by atoms with van der Waals surface area (Å²) in [5.74, 6) is 0.318. The van der Waals surface area contributed by atoms with Crippen LogP contribution in [-0.4, -0.2) is 123 Å². The van der Waals surface area contributed by atoms with Gasteiger partial charge in [0.05, 0.1) is 12.7 Å². The Labute approximate surface area is 158 Å². The summed E-state index contributed by atoms with van der Waals surface area (Å²) in [6.45, 7) is 17.3. The van der Waals surface area contributed by atoms with Crippen LogP contribution in [0.1, 0.15) is 20.3 Å². The minimum Gasteiger partial charge on any atom is -0.374 e. The standard InChI is InChI=1S/C19H37N5O2/c1-17(2)24-13-14-26-18(16-24)15-22-11-9-21(10-12-22)6-3-19(25)23-7-4-20-5-8-23/h17-18,20H,3-16H2,1-2H3. The molecule has 1 atom stereocenters. The van der Waals surface area contributed by atoms with Crippen molar-refractivity contribution in [1.82, 2.24) is 24.9 Å². The van der Waals surface area contributed by atoms with Crippen molar-refractivity contribution < 1.29 is 9.53 Å². The molecular weight excluding hydrogens is 330 g/mol. The molecule has 0 saturated carbocycles. The molecule has 0 aromatic rings. The van der Waals surface area contributed by atoms with Gasteiger partial charge in [0, 0.05) is 91.0 Å². The van der Waals surface area contributed by atoms with Gasteiger partial charge in [0.1, 0.15) is 0 Å². The number of nitrogens with zero attached hydrogens (tertiary/aromatic N) is 4. The Kier molecular flexibility index (Phi) is 7.69. The number of hydrogen-bond donors (Lipinski definition) is 1. The highest BCUT2D eigenvalue weighted by atomic mass is 16.5. The fraction of sp³-hybridized carbons (Fsp3) is 0.947. The number of hydrogen-bond acceptors (Lipinski definition) is 6. The highest BCUT2D eigenvalue weighted by molar-refractivity contribution is 5.76. The van der Waals surface area contributed by atoms with Crippen LogP contribution in [0.4, 0.5) is 0 Å². The maximum absolute atomic E-state index is 12.3. The average Bonchev–Trinajstić information content (AvgIpc) is 2.68. The third-order valence-electron chi connectivity index (χ3n) is 5.94. The SMILES string of the molecule is CC(C)N1CCOC(CN2CCN(CCC(=O)N3CCNCC3)CC2)C1. The Morgan fingerprint density at radius 2 is 1.73 bits per heavy atom. The van der Waals surface area contributed by atoms with Crippen molar-refractivity contribution in [3.63, 3.8) is 0 Å². The minimum atomic E-state index is 0.318. The third-order valence-corrected chi connectivity index (χ3v) is 5.94. The summed E-state index contributed by atoms with van der Waals surface area (Å²) < 4.78 is 5.98. The van der Waals surface area contributed by atoms with Crippen molar-refractivity contribution in [1.29, 1.82) is 0 Å². The molecule has 3 heterocycles. The molecule has 7 heteroatoms. The molecule has 0 bridgehead atoms. The summed E-state index contributed by atoms with van der Waals surface area (Å²) in [7, 11) is 0. The van der Waals surface area contributed by atoms with E-state index in [9.17, 15) is 4.79 Å². The number of rotatable bonds is 6. The first kappa shape index (κ1) is 20.0. The Hall–Kier alpha value is -0.730. The van der Waals surface area contributed by atoms with Crippen LogP contribution in [0.2, 0.25) is 0 Å². The van der Waals surface area contributed by atoms with Gasteiger partial charge < -0.3 is 19.9 Å². The first-order chi connectivity index (χ1) is 12.6. The first-order valence-electron chi connectivity index (χ1n) is 10.4. The number of carbonyl (C=O) groups is 1. The van der Waals surface area contributed by atoms with E-state index in [1.165, 1.54) is 0 Å². The Morgan fingerprint density at radius 1 is 1.04 bits per heavy atom. The largest absolute Gasteiger partial charge is 0.374 e. The summed E-state index contributed by atoms with van der Waals surface area (Å²) in [5, 5.41) is 3.30. The zero-order valence-electron chi connectivity index (χ0n) is 16.7. The summed E-state index contributed by atoms with van der Waals surface area (Å²) in [6, 6.07) is 0.603. The molecule has 26 heavy (non-hydrogen) atoms. The van der Waals surface area contributed by atoms with E-state index in [4.69, 9.17) is 4.74 Å². The summed E-state index contributed by atoms with van der Waals surface area (Å²) in [4.78, 5) is 21.8. The van der Waals surface area contributed by atoms with Crippen LogP contribution in [0.15, 0.2) is 0 Å². The molecule has 3 rings (SSSR count). The van der Waals surface area contributed by atoms with Crippen molar-refractivity contribution in [2.45, 2.75) is 32.4 Å². The zero-order chi connectivity index (χ0) is 18.4. The number of nitrogens with one attached hydrogen (secondary N) is 1. The Morgan fingerprint density at radius 3 is 2.42 bits per heavy atom. The molecule has 0 radical (unpaired) electrons. The number of ether oxygens (including phenoxy) is 1. The van der Waals surface area contributed by atoms with Gasteiger partial charge in [-0.1, -0.05) is 0 Å². The second-order valence-corrected chi connectivity index (χ2v) is 8.10. The van der Waals surface area contributed by atoms with Crippen molar-refractivity contribution in [3.8, 4) is 0 Å². The topological polar surface area (TPSA) is 51.3 Å². The van der Waals surface area contributed by atoms with E-state index in [-0.39, 0.29) is 0 Å². The first-order valence-corrected chi connectivity index (χ1v) is 10.4. The molecule has 0 aromatic carbocycles. The van der Waals surface area contributed by atoms with E-state index in [1.54, 1.807) is 0 Å². The third kappa shape index (κ3) is 5.89. The number of amides is 1. The predicted molar refractivity (Wildman–Crippen MR) is 103 cm³/mol. The smallest absolute Gasteiger partial charge is 0.223 e. The molecule has 3 fully saturated rings. The number of morpholine rings is 1. The summed E-state index contributed by atoms with van der Waals surface area (Å²) >= 11 is 0. The molecule has 0 aromatic heterocycles. The molecule has 0 aliphatic carbocycles. The summed E-state index contributed by atoms with van der Waals surface area (Å²) in [6.07, 6.45) is 1.00. The van der Waals surface area contributed by atoms with Crippen LogP contribution in [0, 0.1) is 0 Å². The maximum Gasteiger partial charge on any atom is 0.223 e. The van der Waals surface area contributed by atoms with Crippen LogP contribution in [0.25, 0.3) is 0 Å². The fourth-order valence-corrected chi connectivity index (χ4v) is 4.13. The van der Waals surface area contributed by atoms with Gasteiger partial charge >= 0.3 is 0 Å². The lowest BCUT2D eigenvalue weighted by molar-refractivity contribution is -0.132. The second kappa shape index (κ2) is 9.99. The maximum atomic E-state index is 12.3. The van der Waals surface area contributed by atoms with Crippen LogP contribution in [-0.2, 0) is 9.53 Å².